The summed E-state index contributed by atoms with van der Waals surface area (Å²) in [6.45, 7) is 1.31. The summed E-state index contributed by atoms with van der Waals surface area (Å²) in [5.74, 6) is -2.22. The Kier molecular flexibility index (Phi) is 3.83. The molecule has 24 heavy (non-hydrogen) atoms. The predicted octanol–water partition coefficient (Wildman–Crippen LogP) is 2.03. The molecular weight excluding hydrogens is 310 g/mol. The van der Waals surface area contributed by atoms with Gasteiger partial charge in [-0.25, -0.2) is 0 Å². The Bertz CT molecular complexity index is 875. The smallest absolute Gasteiger partial charge is 0.296 e. The lowest BCUT2D eigenvalue weighted by Gasteiger charge is -2.12. The monoisotopic (exact) mass is 323 g/mol. The highest BCUT2D eigenvalue weighted by Gasteiger charge is 2.31. The largest absolute Gasteiger partial charge is 0.324 e. The molecule has 2 aromatic rings. The predicted molar refractivity (Wildman–Crippen MR) is 88.1 cm³/mol. The molecule has 7 nitrogen and oxygen atoms in total. The zero-order valence-electron chi connectivity index (χ0n) is 12.7. The first-order chi connectivity index (χ1) is 11.5. The van der Waals surface area contributed by atoms with Gasteiger partial charge in [0.1, 0.15) is 0 Å². The van der Waals surface area contributed by atoms with Crippen LogP contribution >= 0.6 is 0 Å². The van der Waals surface area contributed by atoms with Gasteiger partial charge in [0.15, 0.2) is 0 Å². The van der Waals surface area contributed by atoms with Crippen LogP contribution in [-0.4, -0.2) is 23.5 Å². The van der Waals surface area contributed by atoms with E-state index in [1.165, 1.54) is 19.1 Å². The molecule has 1 aliphatic heterocycles. The van der Waals surface area contributed by atoms with E-state index in [2.05, 4.69) is 16.0 Å². The minimum absolute atomic E-state index is 0.106. The van der Waals surface area contributed by atoms with E-state index in [0.717, 1.165) is 0 Å². The molecule has 1 aliphatic rings. The molecule has 0 unspecified atom stereocenters. The third kappa shape index (κ3) is 2.87. The van der Waals surface area contributed by atoms with Crippen molar-refractivity contribution >= 4 is 40.6 Å². The topological polar surface area (TPSA) is 104 Å². The lowest BCUT2D eigenvalue weighted by atomic mass is 10.1. The van der Waals surface area contributed by atoms with E-state index in [0.29, 0.717) is 11.3 Å². The van der Waals surface area contributed by atoms with E-state index in [1.807, 2.05) is 0 Å². The molecule has 3 amide bonds. The zero-order chi connectivity index (χ0) is 17.3. The highest BCUT2D eigenvalue weighted by molar-refractivity contribution is 6.52. The number of nitrogens with one attached hydrogen (secondary N) is 3. The number of rotatable bonds is 3. The molecule has 0 fully saturated rings. The van der Waals surface area contributed by atoms with Crippen molar-refractivity contribution in [2.45, 2.75) is 6.92 Å². The third-order valence-electron chi connectivity index (χ3n) is 3.43. The van der Waals surface area contributed by atoms with Crippen molar-refractivity contribution in [3.63, 3.8) is 0 Å². The molecule has 3 rings (SSSR count). The van der Waals surface area contributed by atoms with Crippen LogP contribution < -0.4 is 16.0 Å². The minimum Gasteiger partial charge on any atom is -0.324 e. The number of benzene rings is 2. The van der Waals surface area contributed by atoms with Crippen molar-refractivity contribution in [1.82, 2.24) is 0 Å². The molecule has 3 N–H and O–H groups in total. The van der Waals surface area contributed by atoms with Gasteiger partial charge in [0.2, 0.25) is 5.91 Å². The summed E-state index contributed by atoms with van der Waals surface area (Å²) in [4.78, 5) is 47.0. The lowest BCUT2D eigenvalue weighted by Crippen LogP contribution is -2.13. The molecular formula is C17H13N3O4. The molecule has 7 heteroatoms. The SMILES string of the molecule is CC(=O)Nc1cc(NC(=O)c2ccccc2)cc2c1NC(=O)C2=O. The maximum atomic E-state index is 12.2. The highest BCUT2D eigenvalue weighted by Crippen LogP contribution is 2.35. The van der Waals surface area contributed by atoms with Gasteiger partial charge < -0.3 is 16.0 Å². The van der Waals surface area contributed by atoms with Crippen LogP contribution in [0.1, 0.15) is 27.6 Å². The first kappa shape index (κ1) is 15.4. The maximum Gasteiger partial charge on any atom is 0.296 e. The number of carbonyl (C=O) groups is 4. The van der Waals surface area contributed by atoms with Crippen molar-refractivity contribution in [3.05, 3.63) is 53.6 Å². The fourth-order valence-corrected chi connectivity index (χ4v) is 2.40. The summed E-state index contributed by atoms with van der Waals surface area (Å²) in [5, 5.41) is 7.62. The van der Waals surface area contributed by atoms with Gasteiger partial charge in [-0.3, -0.25) is 19.2 Å². The Morgan fingerprint density at radius 3 is 2.38 bits per heavy atom. The van der Waals surface area contributed by atoms with Crippen molar-refractivity contribution < 1.29 is 19.2 Å². The standard InChI is InChI=1S/C17H13N3O4/c1-9(21)18-13-8-11(7-12-14(13)20-17(24)15(12)22)19-16(23)10-5-3-2-4-6-10/h2-8H,1H3,(H,18,21)(H,19,23)(H,20,22,24). The average Bonchev–Trinajstić information content (AvgIpc) is 2.84. The number of hydrogen-bond acceptors (Lipinski definition) is 4. The second-order valence-electron chi connectivity index (χ2n) is 5.23. The van der Waals surface area contributed by atoms with Crippen LogP contribution in [-0.2, 0) is 9.59 Å². The van der Waals surface area contributed by atoms with Gasteiger partial charge in [0, 0.05) is 18.2 Å². The molecule has 0 bridgehead atoms. The number of carbonyl (C=O) groups excluding carboxylic acids is 4. The van der Waals surface area contributed by atoms with E-state index in [9.17, 15) is 19.2 Å². The molecule has 120 valence electrons. The lowest BCUT2D eigenvalue weighted by molar-refractivity contribution is -0.114. The van der Waals surface area contributed by atoms with Crippen LogP contribution in [0.25, 0.3) is 0 Å². The van der Waals surface area contributed by atoms with Crippen molar-refractivity contribution in [2.24, 2.45) is 0 Å². The summed E-state index contributed by atoms with van der Waals surface area (Å²) < 4.78 is 0. The number of Topliss-reactive ketones (excluding diaryl/α,β-unsaturated/α-hetero) is 1. The van der Waals surface area contributed by atoms with Crippen LogP contribution in [0.4, 0.5) is 17.1 Å². The van der Waals surface area contributed by atoms with E-state index in [1.54, 1.807) is 30.3 Å². The quantitative estimate of drug-likeness (QED) is 0.752. The molecule has 0 saturated heterocycles. The van der Waals surface area contributed by atoms with Crippen LogP contribution in [0.5, 0.6) is 0 Å². The first-order valence-electron chi connectivity index (χ1n) is 7.13. The van der Waals surface area contributed by atoms with Crippen LogP contribution in [0.15, 0.2) is 42.5 Å². The number of ketones is 1. The van der Waals surface area contributed by atoms with Crippen molar-refractivity contribution in [1.29, 1.82) is 0 Å². The van der Waals surface area contributed by atoms with E-state index < -0.39 is 11.7 Å². The summed E-state index contributed by atoms with van der Waals surface area (Å²) in [5.41, 5.74) is 1.34. The fraction of sp³-hybridized carbons (Fsp3) is 0.0588. The van der Waals surface area contributed by atoms with Gasteiger partial charge in [-0.2, -0.15) is 0 Å². The average molecular weight is 323 g/mol. The van der Waals surface area contributed by atoms with Crippen molar-refractivity contribution in [2.75, 3.05) is 16.0 Å². The van der Waals surface area contributed by atoms with Crippen LogP contribution in [0.2, 0.25) is 0 Å². The van der Waals surface area contributed by atoms with E-state index in [4.69, 9.17) is 0 Å². The molecule has 0 atom stereocenters. The minimum atomic E-state index is -0.775. The summed E-state index contributed by atoms with van der Waals surface area (Å²) >= 11 is 0. The maximum absolute atomic E-state index is 12.2. The molecule has 0 spiro atoms. The van der Waals surface area contributed by atoms with Gasteiger partial charge in [-0.1, -0.05) is 18.2 Å². The normalized spacial score (nSPS) is 12.4. The number of anilines is 3. The Hall–Kier alpha value is -3.48. The van der Waals surface area contributed by atoms with Gasteiger partial charge in [0.05, 0.1) is 16.9 Å². The van der Waals surface area contributed by atoms with Crippen LogP contribution in [0.3, 0.4) is 0 Å². The molecule has 0 aromatic heterocycles. The number of fused-ring (bicyclic) bond motifs is 1. The Balaban J connectivity index is 1.97. The summed E-state index contributed by atoms with van der Waals surface area (Å²) in [7, 11) is 0. The molecule has 0 aliphatic carbocycles. The fourth-order valence-electron chi connectivity index (χ4n) is 2.40. The molecule has 1 heterocycles. The second kappa shape index (κ2) is 5.96. The molecule has 0 saturated carbocycles. The highest BCUT2D eigenvalue weighted by atomic mass is 16.2. The second-order valence-corrected chi connectivity index (χ2v) is 5.23. The summed E-state index contributed by atoms with van der Waals surface area (Å²) in [6, 6.07) is 11.4. The molecule has 2 aromatic carbocycles. The Morgan fingerprint density at radius 2 is 1.71 bits per heavy atom. The van der Waals surface area contributed by atoms with Crippen LogP contribution in [0, 0.1) is 0 Å². The van der Waals surface area contributed by atoms with Gasteiger partial charge in [-0.15, -0.1) is 0 Å². The van der Waals surface area contributed by atoms with Gasteiger partial charge in [-0.05, 0) is 24.3 Å². The zero-order valence-corrected chi connectivity index (χ0v) is 12.7. The Morgan fingerprint density at radius 1 is 1.00 bits per heavy atom. The van der Waals surface area contributed by atoms with E-state index in [-0.39, 0.29) is 28.8 Å². The third-order valence-corrected chi connectivity index (χ3v) is 3.43. The number of hydrogen-bond donors (Lipinski definition) is 3. The number of amides is 3. The van der Waals surface area contributed by atoms with E-state index >= 15 is 0 Å². The van der Waals surface area contributed by atoms with Crippen molar-refractivity contribution in [3.8, 4) is 0 Å². The van der Waals surface area contributed by atoms with Gasteiger partial charge >= 0.3 is 0 Å². The summed E-state index contributed by atoms with van der Waals surface area (Å²) in [6.07, 6.45) is 0. The first-order valence-corrected chi connectivity index (χ1v) is 7.13. The van der Waals surface area contributed by atoms with Gasteiger partial charge in [0.25, 0.3) is 17.6 Å². The Labute approximate surface area is 137 Å². The molecule has 0 radical (unpaired) electrons.